The summed E-state index contributed by atoms with van der Waals surface area (Å²) in [5, 5.41) is 9.12. The number of benzene rings is 4. The molecule has 0 fully saturated rings. The van der Waals surface area contributed by atoms with E-state index in [9.17, 15) is 0 Å². The van der Waals surface area contributed by atoms with Gasteiger partial charge in [-0.05, 0) is 11.5 Å². The first kappa shape index (κ1) is 22.1. The number of rotatable bonds is 8. The van der Waals surface area contributed by atoms with E-state index < -0.39 is 27.5 Å². The van der Waals surface area contributed by atoms with Crippen molar-refractivity contribution in [1.82, 2.24) is 0 Å². The zero-order chi connectivity index (χ0) is 22.3. The summed E-state index contributed by atoms with van der Waals surface area (Å²) in [5.74, 6) is 0.885. The summed E-state index contributed by atoms with van der Waals surface area (Å²) in [5.41, 5.74) is 0. The van der Waals surface area contributed by atoms with E-state index >= 15 is 0 Å². The largest absolute Gasteiger partial charge is 0.464 e. The van der Waals surface area contributed by atoms with Crippen molar-refractivity contribution in [2.45, 2.75) is 0 Å². The zero-order valence-electron chi connectivity index (χ0n) is 17.9. The molecule has 0 aliphatic carbocycles. The molecule has 0 spiro atoms. The number of hydrogen-bond acceptors (Lipinski definition) is 2. The lowest BCUT2D eigenvalue weighted by atomic mass is 10.4. The fourth-order valence-corrected chi connectivity index (χ4v) is 9.08. The van der Waals surface area contributed by atoms with Gasteiger partial charge in [-0.1, -0.05) is 133 Å². The van der Waals surface area contributed by atoms with Crippen LogP contribution in [0.4, 0.5) is 0 Å². The second-order valence-corrected chi connectivity index (χ2v) is 12.7. The Balaban J connectivity index is 1.38. The summed E-state index contributed by atoms with van der Waals surface area (Å²) in [6.45, 7) is 0. The molecule has 1 unspecified atom stereocenters. The highest BCUT2D eigenvalue weighted by molar-refractivity contribution is 8.20. The molecule has 4 aromatic rings. The van der Waals surface area contributed by atoms with Gasteiger partial charge in [-0.3, -0.25) is 0 Å². The van der Waals surface area contributed by atoms with Gasteiger partial charge < -0.3 is 8.49 Å². The Kier molecular flexibility index (Phi) is 7.36. The van der Waals surface area contributed by atoms with Gasteiger partial charge in [0, 0.05) is 26.6 Å². The van der Waals surface area contributed by atoms with Gasteiger partial charge in [0.05, 0.1) is 0 Å². The minimum absolute atomic E-state index is 0.868. The molecule has 0 saturated carbocycles. The number of hydrogen-bond donors (Lipinski definition) is 1. The second-order valence-electron chi connectivity index (χ2n) is 7.31. The lowest BCUT2D eigenvalue weighted by molar-refractivity contribution is 0.508. The molecule has 1 aliphatic rings. The monoisotopic (exact) mass is 486 g/mol. The van der Waals surface area contributed by atoms with Crippen LogP contribution in [-0.2, 0) is 8.49 Å². The molecular weight excluding hydrogens is 462 g/mol. The van der Waals surface area contributed by atoms with Gasteiger partial charge in [0.1, 0.15) is 13.9 Å². The minimum Gasteiger partial charge on any atom is -0.464 e. The van der Waals surface area contributed by atoms with E-state index in [0.29, 0.717) is 0 Å². The van der Waals surface area contributed by atoms with Crippen molar-refractivity contribution in [2.24, 2.45) is 0 Å². The molecule has 33 heavy (non-hydrogen) atoms. The smallest absolute Gasteiger partial charge is 0.150 e. The first-order valence-corrected chi connectivity index (χ1v) is 14.6. The Morgan fingerprint density at radius 2 is 0.879 bits per heavy atom. The van der Waals surface area contributed by atoms with Crippen LogP contribution in [0, 0.1) is 0 Å². The van der Waals surface area contributed by atoms with E-state index in [2.05, 4.69) is 114 Å². The molecular formula is C28H24O2P2S. The van der Waals surface area contributed by atoms with Crippen LogP contribution < -0.4 is 21.2 Å². The van der Waals surface area contributed by atoms with Crippen molar-refractivity contribution < 1.29 is 8.49 Å². The second kappa shape index (κ2) is 11.0. The fraction of sp³-hybridized carbons (Fsp3) is 0. The van der Waals surface area contributed by atoms with Crippen LogP contribution in [0.3, 0.4) is 0 Å². The lowest BCUT2D eigenvalue weighted by Gasteiger charge is -2.23. The van der Waals surface area contributed by atoms with Gasteiger partial charge in [0.15, 0.2) is 8.15 Å². The summed E-state index contributed by atoms with van der Waals surface area (Å²) >= 11 is -0.868. The minimum atomic E-state index is -0.948. The van der Waals surface area contributed by atoms with Gasteiger partial charge in [-0.25, -0.2) is 0 Å². The average molecular weight is 487 g/mol. The van der Waals surface area contributed by atoms with Crippen LogP contribution in [0.5, 0.6) is 0 Å². The molecule has 0 bridgehead atoms. The third-order valence-corrected chi connectivity index (χ3v) is 10.8. The average Bonchev–Trinajstić information content (AvgIpc) is 3.35. The van der Waals surface area contributed by atoms with Crippen molar-refractivity contribution in [3.05, 3.63) is 144 Å². The van der Waals surface area contributed by atoms with E-state index in [-0.39, 0.29) is 0 Å². The molecule has 1 atom stereocenters. The van der Waals surface area contributed by atoms with Crippen LogP contribution in [0.15, 0.2) is 144 Å². The summed E-state index contributed by atoms with van der Waals surface area (Å²) in [6, 6.07) is 41.9. The van der Waals surface area contributed by atoms with E-state index in [1.165, 1.54) is 21.2 Å². The molecule has 5 rings (SSSR count). The molecule has 1 aliphatic heterocycles. The summed E-state index contributed by atoms with van der Waals surface area (Å²) in [7, 11) is -1.85. The molecule has 0 radical (unpaired) electrons. The maximum Gasteiger partial charge on any atom is 0.150 e. The number of thiol groups is 1. The molecule has 0 saturated heterocycles. The third-order valence-electron chi connectivity index (χ3n) is 4.98. The van der Waals surface area contributed by atoms with Crippen LogP contribution in [0.2, 0.25) is 0 Å². The first-order chi connectivity index (χ1) is 16.4. The van der Waals surface area contributed by atoms with Gasteiger partial charge in [-0.15, -0.1) is 0 Å². The van der Waals surface area contributed by atoms with Gasteiger partial charge >= 0.3 is 0 Å². The highest BCUT2D eigenvalue weighted by Crippen LogP contribution is 2.52. The molecule has 0 N–H and O–H groups in total. The molecule has 2 nitrogen and oxygen atoms in total. The van der Waals surface area contributed by atoms with Crippen molar-refractivity contribution in [1.29, 1.82) is 0 Å². The Hall–Kier alpha value is -2.67. The van der Waals surface area contributed by atoms with E-state index in [4.69, 9.17) is 8.49 Å². The maximum atomic E-state index is 6.70. The fourth-order valence-electron chi connectivity index (χ4n) is 3.41. The predicted molar refractivity (Wildman–Crippen MR) is 147 cm³/mol. The summed E-state index contributed by atoms with van der Waals surface area (Å²) in [6.07, 6.45) is 2.07. The van der Waals surface area contributed by atoms with Crippen molar-refractivity contribution >= 4 is 48.7 Å². The third kappa shape index (κ3) is 5.64. The number of allylic oxidation sites excluding steroid dienone is 1. The van der Waals surface area contributed by atoms with Crippen LogP contribution >= 0.6 is 27.5 Å². The SMILES string of the molecule is C1=C[SH](OP(c2ccccc2)c2ccccc2)C=C1OP(c1ccccc1)c1ccccc1. The maximum absolute atomic E-state index is 6.70. The van der Waals surface area contributed by atoms with Crippen molar-refractivity contribution in [2.75, 3.05) is 0 Å². The Bertz CT molecular complexity index is 1140. The topological polar surface area (TPSA) is 18.5 Å². The normalized spacial score (nSPS) is 16.2. The van der Waals surface area contributed by atoms with Crippen molar-refractivity contribution in [3.63, 3.8) is 0 Å². The highest BCUT2D eigenvalue weighted by Gasteiger charge is 2.22. The van der Waals surface area contributed by atoms with Gasteiger partial charge in [0.25, 0.3) is 0 Å². The Morgan fingerprint density at radius 3 is 1.30 bits per heavy atom. The van der Waals surface area contributed by atoms with Gasteiger partial charge in [-0.2, -0.15) is 0 Å². The van der Waals surface area contributed by atoms with Crippen LogP contribution in [-0.4, -0.2) is 0 Å². The highest BCUT2D eigenvalue weighted by atomic mass is 32.2. The molecule has 0 aromatic heterocycles. The first-order valence-electron chi connectivity index (χ1n) is 10.7. The van der Waals surface area contributed by atoms with Gasteiger partial charge in [0.2, 0.25) is 0 Å². The van der Waals surface area contributed by atoms with E-state index in [1.54, 1.807) is 0 Å². The molecule has 4 aromatic carbocycles. The Morgan fingerprint density at radius 1 is 0.485 bits per heavy atom. The molecule has 0 amide bonds. The van der Waals surface area contributed by atoms with Crippen LogP contribution in [0.1, 0.15) is 0 Å². The van der Waals surface area contributed by atoms with Crippen LogP contribution in [0.25, 0.3) is 0 Å². The quantitative estimate of drug-likeness (QED) is 0.230. The Labute approximate surface area is 200 Å². The summed E-state index contributed by atoms with van der Waals surface area (Å²) in [4.78, 5) is 0. The zero-order valence-corrected chi connectivity index (χ0v) is 20.6. The molecule has 164 valence electrons. The van der Waals surface area contributed by atoms with E-state index in [0.717, 1.165) is 5.76 Å². The van der Waals surface area contributed by atoms with E-state index in [1.807, 2.05) is 24.3 Å². The van der Waals surface area contributed by atoms with Crippen molar-refractivity contribution in [3.8, 4) is 0 Å². The molecule has 5 heteroatoms. The molecule has 1 heterocycles. The lowest BCUT2D eigenvalue weighted by Crippen LogP contribution is -2.13. The summed E-state index contributed by atoms with van der Waals surface area (Å²) < 4.78 is 13.3. The predicted octanol–water partition coefficient (Wildman–Crippen LogP) is 6.40. The standard InChI is InChI=1S/C28H24O2P2S/c1-5-13-25(14-6-1)31(26-15-7-2-8-16-26)29-24-21-22-33(23-24)30-32(27-17-9-3-10-18-27)28-19-11-4-12-20-28/h1-23,33H.